The van der Waals surface area contributed by atoms with Crippen LogP contribution in [0.2, 0.25) is 0 Å². The van der Waals surface area contributed by atoms with Crippen molar-refractivity contribution in [2.45, 2.75) is 32.1 Å². The average molecular weight is 314 g/mol. The molecule has 5 nitrogen and oxygen atoms in total. The lowest BCUT2D eigenvalue weighted by molar-refractivity contribution is 0.0607. The van der Waals surface area contributed by atoms with Crippen molar-refractivity contribution in [3.63, 3.8) is 0 Å². The van der Waals surface area contributed by atoms with Gasteiger partial charge in [0.2, 0.25) is 0 Å². The highest BCUT2D eigenvalue weighted by atomic mass is 16.2. The Morgan fingerprint density at radius 2 is 1.87 bits per heavy atom. The molecule has 1 N–H and O–H groups in total. The zero-order chi connectivity index (χ0) is 15.7. The van der Waals surface area contributed by atoms with E-state index in [0.717, 1.165) is 63.5 Å². The SMILES string of the molecule is O=C(c1ccc(N2CCCC2)nc1)N1CCC2(CCNC2)CC1. The highest BCUT2D eigenvalue weighted by Gasteiger charge is 2.38. The molecule has 3 saturated heterocycles. The molecule has 124 valence electrons. The van der Waals surface area contributed by atoms with Gasteiger partial charge in [-0.25, -0.2) is 4.98 Å². The van der Waals surface area contributed by atoms with Crippen LogP contribution in [0.25, 0.3) is 0 Å². The van der Waals surface area contributed by atoms with Gasteiger partial charge in [0.25, 0.3) is 5.91 Å². The van der Waals surface area contributed by atoms with Crippen molar-refractivity contribution >= 4 is 11.7 Å². The fourth-order valence-corrected chi connectivity index (χ4v) is 4.23. The first-order chi connectivity index (χ1) is 11.3. The maximum atomic E-state index is 12.7. The molecule has 1 aromatic heterocycles. The number of nitrogens with zero attached hydrogens (tertiary/aromatic N) is 3. The van der Waals surface area contributed by atoms with Gasteiger partial charge in [-0.2, -0.15) is 0 Å². The number of amides is 1. The normalized spacial score (nSPS) is 23.7. The highest BCUT2D eigenvalue weighted by Crippen LogP contribution is 2.37. The van der Waals surface area contributed by atoms with E-state index in [1.165, 1.54) is 19.3 Å². The molecule has 0 atom stereocenters. The summed E-state index contributed by atoms with van der Waals surface area (Å²) >= 11 is 0. The second kappa shape index (κ2) is 6.11. The van der Waals surface area contributed by atoms with Crippen molar-refractivity contribution in [2.75, 3.05) is 44.2 Å². The Bertz CT molecular complexity index is 549. The maximum Gasteiger partial charge on any atom is 0.255 e. The van der Waals surface area contributed by atoms with Crippen molar-refractivity contribution in [1.82, 2.24) is 15.2 Å². The van der Waals surface area contributed by atoms with Gasteiger partial charge in [-0.15, -0.1) is 0 Å². The molecule has 23 heavy (non-hydrogen) atoms. The summed E-state index contributed by atoms with van der Waals surface area (Å²) in [4.78, 5) is 21.5. The number of carbonyl (C=O) groups is 1. The lowest BCUT2D eigenvalue weighted by Crippen LogP contribution is -2.44. The molecule has 0 radical (unpaired) electrons. The Kier molecular flexibility index (Phi) is 3.97. The van der Waals surface area contributed by atoms with Gasteiger partial charge < -0.3 is 15.1 Å². The number of hydrogen-bond acceptors (Lipinski definition) is 4. The molecule has 0 unspecified atom stereocenters. The van der Waals surface area contributed by atoms with Crippen molar-refractivity contribution in [1.29, 1.82) is 0 Å². The summed E-state index contributed by atoms with van der Waals surface area (Å²) in [5.74, 6) is 1.15. The number of nitrogens with one attached hydrogen (secondary N) is 1. The number of carbonyl (C=O) groups excluding carboxylic acids is 1. The molecule has 1 amide bonds. The third-order valence-electron chi connectivity index (χ3n) is 5.87. The van der Waals surface area contributed by atoms with Crippen LogP contribution in [-0.2, 0) is 0 Å². The Balaban J connectivity index is 1.39. The molecule has 4 rings (SSSR count). The van der Waals surface area contributed by atoms with Crippen molar-refractivity contribution < 1.29 is 4.79 Å². The quantitative estimate of drug-likeness (QED) is 0.906. The first kappa shape index (κ1) is 14.9. The van der Waals surface area contributed by atoms with Gasteiger partial charge in [-0.1, -0.05) is 0 Å². The standard InChI is InChI=1S/C18H26N4O/c23-17(22-11-6-18(7-12-22)5-8-19-14-18)15-3-4-16(20-13-15)21-9-1-2-10-21/h3-4,13,19H,1-2,5-12,14H2. The van der Waals surface area contributed by atoms with Crippen LogP contribution in [0.5, 0.6) is 0 Å². The van der Waals surface area contributed by atoms with Crippen LogP contribution in [0.3, 0.4) is 0 Å². The van der Waals surface area contributed by atoms with Crippen LogP contribution in [0, 0.1) is 5.41 Å². The Labute approximate surface area is 138 Å². The monoisotopic (exact) mass is 314 g/mol. The van der Waals surface area contributed by atoms with E-state index in [0.29, 0.717) is 5.41 Å². The van der Waals surface area contributed by atoms with Gasteiger partial charge in [-0.05, 0) is 56.2 Å². The molecule has 0 aliphatic carbocycles. The molecule has 0 bridgehead atoms. The number of likely N-dealkylation sites (tertiary alicyclic amines) is 1. The van der Waals surface area contributed by atoms with Crippen LogP contribution in [0.1, 0.15) is 42.5 Å². The minimum atomic E-state index is 0.145. The molecule has 1 spiro atoms. The molecule has 5 heteroatoms. The number of rotatable bonds is 2. The van der Waals surface area contributed by atoms with Crippen molar-refractivity contribution in [3.8, 4) is 0 Å². The summed E-state index contributed by atoms with van der Waals surface area (Å²) in [5.41, 5.74) is 1.18. The van der Waals surface area contributed by atoms with Crippen LogP contribution in [0.4, 0.5) is 5.82 Å². The predicted octanol–water partition coefficient (Wildman–Crippen LogP) is 1.90. The van der Waals surface area contributed by atoms with Gasteiger partial charge in [0.1, 0.15) is 5.82 Å². The second-order valence-electron chi connectivity index (χ2n) is 7.32. The molecule has 3 aliphatic heterocycles. The molecule has 0 aromatic carbocycles. The second-order valence-corrected chi connectivity index (χ2v) is 7.32. The summed E-state index contributed by atoms with van der Waals surface area (Å²) in [6, 6.07) is 3.95. The lowest BCUT2D eigenvalue weighted by atomic mass is 9.78. The van der Waals surface area contributed by atoms with E-state index in [4.69, 9.17) is 0 Å². The lowest BCUT2D eigenvalue weighted by Gasteiger charge is -2.38. The van der Waals surface area contributed by atoms with E-state index in [2.05, 4.69) is 15.2 Å². The molecule has 3 aliphatic rings. The minimum absolute atomic E-state index is 0.145. The first-order valence-electron chi connectivity index (χ1n) is 8.97. The van der Waals surface area contributed by atoms with Crippen LogP contribution in [-0.4, -0.2) is 55.1 Å². The maximum absolute atomic E-state index is 12.7. The smallest absolute Gasteiger partial charge is 0.255 e. The zero-order valence-corrected chi connectivity index (χ0v) is 13.8. The third-order valence-corrected chi connectivity index (χ3v) is 5.87. The number of aromatic nitrogens is 1. The molecule has 0 saturated carbocycles. The summed E-state index contributed by atoms with van der Waals surface area (Å²) in [7, 11) is 0. The van der Waals surface area contributed by atoms with Gasteiger partial charge in [0.15, 0.2) is 0 Å². The van der Waals surface area contributed by atoms with E-state index >= 15 is 0 Å². The van der Waals surface area contributed by atoms with Gasteiger partial charge in [0.05, 0.1) is 5.56 Å². The molecular formula is C18H26N4O. The van der Waals surface area contributed by atoms with E-state index in [1.807, 2.05) is 17.0 Å². The summed E-state index contributed by atoms with van der Waals surface area (Å²) in [6.07, 6.45) is 7.77. The number of anilines is 1. The molecule has 1 aromatic rings. The summed E-state index contributed by atoms with van der Waals surface area (Å²) in [5, 5.41) is 3.47. The van der Waals surface area contributed by atoms with Crippen molar-refractivity contribution in [3.05, 3.63) is 23.9 Å². The Morgan fingerprint density at radius 3 is 2.48 bits per heavy atom. The fraction of sp³-hybridized carbons (Fsp3) is 0.667. The van der Waals surface area contributed by atoms with E-state index in [-0.39, 0.29) is 5.91 Å². The van der Waals surface area contributed by atoms with Gasteiger partial charge in [-0.3, -0.25) is 4.79 Å². The highest BCUT2D eigenvalue weighted by molar-refractivity contribution is 5.94. The van der Waals surface area contributed by atoms with Crippen molar-refractivity contribution in [2.24, 2.45) is 5.41 Å². The summed E-state index contributed by atoms with van der Waals surface area (Å²) < 4.78 is 0. The van der Waals surface area contributed by atoms with Crippen LogP contribution in [0.15, 0.2) is 18.3 Å². The van der Waals surface area contributed by atoms with E-state index in [9.17, 15) is 4.79 Å². The zero-order valence-electron chi connectivity index (χ0n) is 13.8. The predicted molar refractivity (Wildman–Crippen MR) is 90.7 cm³/mol. The average Bonchev–Trinajstić information content (AvgIpc) is 3.28. The van der Waals surface area contributed by atoms with Gasteiger partial charge in [0, 0.05) is 38.9 Å². The number of hydrogen-bond donors (Lipinski definition) is 1. The topological polar surface area (TPSA) is 48.5 Å². The van der Waals surface area contributed by atoms with E-state index in [1.54, 1.807) is 6.20 Å². The third kappa shape index (κ3) is 2.94. The Hall–Kier alpha value is -1.62. The number of piperidine rings is 1. The number of pyridine rings is 1. The van der Waals surface area contributed by atoms with E-state index < -0.39 is 0 Å². The Morgan fingerprint density at radius 1 is 1.09 bits per heavy atom. The van der Waals surface area contributed by atoms with Gasteiger partial charge >= 0.3 is 0 Å². The first-order valence-corrected chi connectivity index (χ1v) is 8.97. The van der Waals surface area contributed by atoms with Crippen LogP contribution < -0.4 is 10.2 Å². The molecule has 3 fully saturated rings. The molecular weight excluding hydrogens is 288 g/mol. The minimum Gasteiger partial charge on any atom is -0.357 e. The fourth-order valence-electron chi connectivity index (χ4n) is 4.23. The largest absolute Gasteiger partial charge is 0.357 e. The summed E-state index contributed by atoms with van der Waals surface area (Å²) in [6.45, 7) is 6.20. The van der Waals surface area contributed by atoms with Crippen LogP contribution >= 0.6 is 0 Å². The molecule has 4 heterocycles.